The molecule has 104 valence electrons. The fourth-order valence-electron chi connectivity index (χ4n) is 1.40. The van der Waals surface area contributed by atoms with Crippen LogP contribution < -0.4 is 10.1 Å². The maximum Gasteiger partial charge on any atom is 0.338 e. The Morgan fingerprint density at radius 3 is 2.37 bits per heavy atom. The van der Waals surface area contributed by atoms with Crippen molar-refractivity contribution in [2.24, 2.45) is 0 Å². The van der Waals surface area contributed by atoms with Crippen molar-refractivity contribution in [3.8, 4) is 5.75 Å². The molecule has 0 radical (unpaired) electrons. The Hall–Kier alpha value is -2.04. The molecule has 0 aromatic heterocycles. The summed E-state index contributed by atoms with van der Waals surface area (Å²) in [6.07, 6.45) is 0.0792. The number of carbonyl (C=O) groups excluding carboxylic acids is 2. The van der Waals surface area contributed by atoms with Crippen LogP contribution in [0.15, 0.2) is 24.3 Å². The Morgan fingerprint density at radius 1 is 1.21 bits per heavy atom. The van der Waals surface area contributed by atoms with Crippen LogP contribution >= 0.6 is 0 Å². The minimum atomic E-state index is -0.526. The highest BCUT2D eigenvalue weighted by molar-refractivity contribution is 5.91. The molecule has 0 heterocycles. The third-order valence-corrected chi connectivity index (χ3v) is 2.17. The summed E-state index contributed by atoms with van der Waals surface area (Å²) in [5.41, 5.74) is 0.389. The first-order valence-electron chi connectivity index (χ1n) is 6.23. The maximum absolute atomic E-state index is 11.6. The Morgan fingerprint density at radius 2 is 1.84 bits per heavy atom. The number of esters is 1. The van der Waals surface area contributed by atoms with E-state index >= 15 is 0 Å². The zero-order valence-corrected chi connectivity index (χ0v) is 11.4. The van der Waals surface area contributed by atoms with Crippen LogP contribution in [0.4, 0.5) is 0 Å². The highest BCUT2D eigenvalue weighted by Gasteiger charge is 2.09. The lowest BCUT2D eigenvalue weighted by molar-refractivity contribution is -0.124. The Balaban J connectivity index is 2.51. The van der Waals surface area contributed by atoms with Gasteiger partial charge < -0.3 is 14.8 Å². The standard InChI is InChI=1S/C14H19NO4/c1-4-15-13(16)9-18-14(17)11-5-7-12(8-6-11)19-10(2)3/h5-8,10H,4,9H2,1-3H3,(H,15,16). The van der Waals surface area contributed by atoms with E-state index in [-0.39, 0.29) is 18.6 Å². The average Bonchev–Trinajstić information content (AvgIpc) is 2.36. The van der Waals surface area contributed by atoms with E-state index in [0.717, 1.165) is 0 Å². The Bertz CT molecular complexity index is 426. The summed E-state index contributed by atoms with van der Waals surface area (Å²) in [6, 6.07) is 6.61. The lowest BCUT2D eigenvalue weighted by atomic mass is 10.2. The molecular formula is C14H19NO4. The fraction of sp³-hybridized carbons (Fsp3) is 0.429. The van der Waals surface area contributed by atoms with Gasteiger partial charge in [0.2, 0.25) is 0 Å². The molecule has 1 amide bonds. The number of likely N-dealkylation sites (N-methyl/N-ethyl adjacent to an activating group) is 1. The topological polar surface area (TPSA) is 64.6 Å². The van der Waals surface area contributed by atoms with Crippen LogP contribution in [-0.4, -0.2) is 31.1 Å². The minimum Gasteiger partial charge on any atom is -0.491 e. The molecule has 0 spiro atoms. The SMILES string of the molecule is CCNC(=O)COC(=O)c1ccc(OC(C)C)cc1. The zero-order chi connectivity index (χ0) is 14.3. The second-order valence-electron chi connectivity index (χ2n) is 4.22. The monoisotopic (exact) mass is 265 g/mol. The first-order valence-corrected chi connectivity index (χ1v) is 6.23. The molecule has 1 rings (SSSR count). The van der Waals surface area contributed by atoms with Gasteiger partial charge >= 0.3 is 5.97 Å². The molecule has 0 unspecified atom stereocenters. The molecule has 0 atom stereocenters. The van der Waals surface area contributed by atoms with E-state index in [9.17, 15) is 9.59 Å². The van der Waals surface area contributed by atoms with Crippen molar-refractivity contribution in [1.29, 1.82) is 0 Å². The van der Waals surface area contributed by atoms with E-state index in [4.69, 9.17) is 9.47 Å². The molecule has 5 heteroatoms. The van der Waals surface area contributed by atoms with Crippen LogP contribution in [0.1, 0.15) is 31.1 Å². The molecule has 1 aromatic carbocycles. The highest BCUT2D eigenvalue weighted by atomic mass is 16.5. The molecule has 0 aliphatic rings. The van der Waals surface area contributed by atoms with E-state index < -0.39 is 5.97 Å². The van der Waals surface area contributed by atoms with Crippen molar-refractivity contribution in [3.63, 3.8) is 0 Å². The zero-order valence-electron chi connectivity index (χ0n) is 11.4. The van der Waals surface area contributed by atoms with E-state index in [2.05, 4.69) is 5.32 Å². The van der Waals surface area contributed by atoms with Crippen LogP contribution in [0.25, 0.3) is 0 Å². The van der Waals surface area contributed by atoms with Crippen molar-refractivity contribution in [1.82, 2.24) is 5.32 Å². The van der Waals surface area contributed by atoms with Gasteiger partial charge in [-0.25, -0.2) is 4.79 Å². The molecule has 1 aromatic rings. The number of rotatable bonds is 6. The van der Waals surface area contributed by atoms with E-state index in [1.54, 1.807) is 31.2 Å². The smallest absolute Gasteiger partial charge is 0.338 e. The fourth-order valence-corrected chi connectivity index (χ4v) is 1.40. The lowest BCUT2D eigenvalue weighted by Gasteiger charge is -2.10. The summed E-state index contributed by atoms with van der Waals surface area (Å²) in [5.74, 6) is -0.145. The van der Waals surface area contributed by atoms with Crippen molar-refractivity contribution >= 4 is 11.9 Å². The first kappa shape index (κ1) is 15.0. The van der Waals surface area contributed by atoms with Crippen LogP contribution in [0, 0.1) is 0 Å². The Labute approximate surface area is 112 Å². The molecule has 19 heavy (non-hydrogen) atoms. The molecule has 5 nitrogen and oxygen atoms in total. The summed E-state index contributed by atoms with van der Waals surface area (Å²) in [6.45, 7) is 5.89. The van der Waals surface area contributed by atoms with Gasteiger partial charge in [-0.3, -0.25) is 4.79 Å². The van der Waals surface area contributed by atoms with Gasteiger partial charge in [0, 0.05) is 6.54 Å². The van der Waals surface area contributed by atoms with Gasteiger partial charge in [0.25, 0.3) is 5.91 Å². The van der Waals surface area contributed by atoms with Crippen molar-refractivity contribution in [2.45, 2.75) is 26.9 Å². The summed E-state index contributed by atoms with van der Waals surface area (Å²) >= 11 is 0. The number of hydrogen-bond acceptors (Lipinski definition) is 4. The lowest BCUT2D eigenvalue weighted by Crippen LogP contribution is -2.28. The maximum atomic E-state index is 11.6. The van der Waals surface area contributed by atoms with Crippen LogP contribution in [0.5, 0.6) is 5.75 Å². The quantitative estimate of drug-likeness (QED) is 0.796. The number of nitrogens with one attached hydrogen (secondary N) is 1. The van der Waals surface area contributed by atoms with Gasteiger partial charge in [-0.2, -0.15) is 0 Å². The minimum absolute atomic E-state index is 0.0792. The van der Waals surface area contributed by atoms with Gasteiger partial charge in [-0.05, 0) is 45.0 Å². The van der Waals surface area contributed by atoms with Gasteiger partial charge in [0.05, 0.1) is 11.7 Å². The largest absolute Gasteiger partial charge is 0.491 e. The average molecular weight is 265 g/mol. The third-order valence-electron chi connectivity index (χ3n) is 2.17. The van der Waals surface area contributed by atoms with Crippen molar-refractivity contribution in [3.05, 3.63) is 29.8 Å². The molecule has 0 fully saturated rings. The first-order chi connectivity index (χ1) is 9.02. The van der Waals surface area contributed by atoms with Gasteiger partial charge in [0.15, 0.2) is 6.61 Å². The summed E-state index contributed by atoms with van der Waals surface area (Å²) < 4.78 is 10.3. The predicted molar refractivity (Wildman–Crippen MR) is 71.2 cm³/mol. The predicted octanol–water partition coefficient (Wildman–Crippen LogP) is 1.77. The molecule has 0 aliphatic carbocycles. The van der Waals surface area contributed by atoms with Gasteiger partial charge in [-0.1, -0.05) is 0 Å². The van der Waals surface area contributed by atoms with Crippen LogP contribution in [-0.2, 0) is 9.53 Å². The van der Waals surface area contributed by atoms with E-state index in [1.165, 1.54) is 0 Å². The van der Waals surface area contributed by atoms with Crippen molar-refractivity contribution < 1.29 is 19.1 Å². The normalized spacial score (nSPS) is 10.1. The van der Waals surface area contributed by atoms with E-state index in [0.29, 0.717) is 17.9 Å². The molecule has 1 N–H and O–H groups in total. The molecule has 0 saturated heterocycles. The molecular weight excluding hydrogens is 246 g/mol. The number of benzene rings is 1. The highest BCUT2D eigenvalue weighted by Crippen LogP contribution is 2.14. The second-order valence-corrected chi connectivity index (χ2v) is 4.22. The number of ether oxygens (including phenoxy) is 2. The third kappa shape index (κ3) is 5.42. The molecule has 0 saturated carbocycles. The van der Waals surface area contributed by atoms with E-state index in [1.807, 2.05) is 13.8 Å². The van der Waals surface area contributed by atoms with Crippen LogP contribution in [0.2, 0.25) is 0 Å². The summed E-state index contributed by atoms with van der Waals surface area (Å²) in [4.78, 5) is 22.8. The molecule has 0 aliphatic heterocycles. The van der Waals surface area contributed by atoms with Crippen molar-refractivity contribution in [2.75, 3.05) is 13.2 Å². The number of carbonyl (C=O) groups is 2. The van der Waals surface area contributed by atoms with Gasteiger partial charge in [0.1, 0.15) is 5.75 Å². The summed E-state index contributed by atoms with van der Waals surface area (Å²) in [5, 5.41) is 2.55. The second kappa shape index (κ2) is 7.41. The van der Waals surface area contributed by atoms with Crippen LogP contribution in [0.3, 0.4) is 0 Å². The number of hydrogen-bond donors (Lipinski definition) is 1. The van der Waals surface area contributed by atoms with Gasteiger partial charge in [-0.15, -0.1) is 0 Å². The number of amides is 1. The molecule has 0 bridgehead atoms. The Kier molecular flexibility index (Phi) is 5.85. The summed E-state index contributed by atoms with van der Waals surface area (Å²) in [7, 11) is 0.